The Hall–Kier alpha value is -1.59. The van der Waals surface area contributed by atoms with E-state index in [1.807, 2.05) is 38.1 Å². The van der Waals surface area contributed by atoms with Crippen LogP contribution in [0.1, 0.15) is 38.2 Å². The number of carbonyl (C=O) groups is 2. The molecule has 1 aliphatic heterocycles. The molecule has 1 unspecified atom stereocenters. The van der Waals surface area contributed by atoms with E-state index in [0.717, 1.165) is 37.1 Å². The van der Waals surface area contributed by atoms with Gasteiger partial charge in [-0.15, -0.1) is 12.4 Å². The molecule has 24 heavy (non-hydrogen) atoms. The molecule has 6 heteroatoms. The normalized spacial score (nSPS) is 16.3. The second-order valence-electron chi connectivity index (χ2n) is 6.18. The second-order valence-corrected chi connectivity index (χ2v) is 6.18. The van der Waals surface area contributed by atoms with Crippen LogP contribution in [-0.4, -0.2) is 42.4 Å². The highest BCUT2D eigenvalue weighted by Crippen LogP contribution is 2.14. The quantitative estimate of drug-likeness (QED) is 0.792. The van der Waals surface area contributed by atoms with Crippen molar-refractivity contribution in [3.8, 4) is 0 Å². The van der Waals surface area contributed by atoms with E-state index in [1.54, 1.807) is 4.90 Å². The van der Waals surface area contributed by atoms with E-state index >= 15 is 0 Å². The van der Waals surface area contributed by atoms with Gasteiger partial charge < -0.3 is 15.5 Å². The summed E-state index contributed by atoms with van der Waals surface area (Å²) < 4.78 is 0. The first-order chi connectivity index (χ1) is 11.1. The average molecular weight is 354 g/mol. The average Bonchev–Trinajstić information content (AvgIpc) is 3.02. The third-order valence-corrected chi connectivity index (χ3v) is 4.18. The van der Waals surface area contributed by atoms with Gasteiger partial charge in [0, 0.05) is 24.7 Å². The van der Waals surface area contributed by atoms with Crippen LogP contribution >= 0.6 is 12.4 Å². The van der Waals surface area contributed by atoms with Crippen LogP contribution in [0.25, 0.3) is 0 Å². The van der Waals surface area contributed by atoms with E-state index in [0.29, 0.717) is 13.0 Å². The summed E-state index contributed by atoms with van der Waals surface area (Å²) >= 11 is 0. The van der Waals surface area contributed by atoms with Crippen molar-refractivity contribution in [3.05, 3.63) is 29.8 Å². The number of halogens is 1. The lowest BCUT2D eigenvalue weighted by Gasteiger charge is -2.23. The second kappa shape index (κ2) is 10.3. The molecule has 1 aromatic carbocycles. The van der Waals surface area contributed by atoms with Crippen molar-refractivity contribution < 1.29 is 9.59 Å². The molecule has 0 bridgehead atoms. The number of hydrogen-bond acceptors (Lipinski definition) is 3. The van der Waals surface area contributed by atoms with Crippen LogP contribution in [0.5, 0.6) is 0 Å². The van der Waals surface area contributed by atoms with Crippen LogP contribution in [0.15, 0.2) is 24.3 Å². The van der Waals surface area contributed by atoms with Crippen molar-refractivity contribution in [1.82, 2.24) is 10.2 Å². The maximum Gasteiger partial charge on any atom is 0.244 e. The van der Waals surface area contributed by atoms with Gasteiger partial charge in [-0.05, 0) is 44.4 Å². The maximum atomic E-state index is 12.4. The van der Waals surface area contributed by atoms with E-state index in [1.165, 1.54) is 0 Å². The van der Waals surface area contributed by atoms with Crippen molar-refractivity contribution in [3.63, 3.8) is 0 Å². The third-order valence-electron chi connectivity index (χ3n) is 4.18. The van der Waals surface area contributed by atoms with Crippen molar-refractivity contribution in [2.45, 2.75) is 45.6 Å². The fraction of sp³-hybridized carbons (Fsp3) is 0.556. The molecule has 0 aromatic heterocycles. The number of rotatable bonds is 7. The first-order valence-corrected chi connectivity index (χ1v) is 8.46. The monoisotopic (exact) mass is 353 g/mol. The summed E-state index contributed by atoms with van der Waals surface area (Å²) in [5, 5.41) is 6.24. The molecule has 1 saturated heterocycles. The lowest BCUT2D eigenvalue weighted by molar-refractivity contribution is -0.135. The van der Waals surface area contributed by atoms with Gasteiger partial charge in [-0.25, -0.2) is 0 Å². The van der Waals surface area contributed by atoms with Gasteiger partial charge >= 0.3 is 0 Å². The largest absolute Gasteiger partial charge is 0.333 e. The molecule has 0 radical (unpaired) electrons. The molecular weight excluding hydrogens is 326 g/mol. The molecule has 1 aromatic rings. The zero-order valence-electron chi connectivity index (χ0n) is 14.5. The smallest absolute Gasteiger partial charge is 0.244 e. The van der Waals surface area contributed by atoms with Gasteiger partial charge in [0.25, 0.3) is 0 Å². The zero-order valence-corrected chi connectivity index (χ0v) is 15.3. The minimum Gasteiger partial charge on any atom is -0.333 e. The summed E-state index contributed by atoms with van der Waals surface area (Å²) in [6.07, 6.45) is 3.50. The van der Waals surface area contributed by atoms with Crippen LogP contribution < -0.4 is 10.6 Å². The van der Waals surface area contributed by atoms with E-state index in [2.05, 4.69) is 10.6 Å². The summed E-state index contributed by atoms with van der Waals surface area (Å²) in [6.45, 7) is 5.70. The number of amides is 2. The Bertz CT molecular complexity index is 545. The molecule has 5 nitrogen and oxygen atoms in total. The molecule has 1 aliphatic rings. The van der Waals surface area contributed by atoms with Crippen molar-refractivity contribution in [2.75, 3.05) is 25.0 Å². The van der Waals surface area contributed by atoms with Gasteiger partial charge in [-0.3, -0.25) is 9.59 Å². The van der Waals surface area contributed by atoms with Gasteiger partial charge in [0.15, 0.2) is 0 Å². The summed E-state index contributed by atoms with van der Waals surface area (Å²) in [5.74, 6) is -0.0772. The Morgan fingerprint density at radius 3 is 2.71 bits per heavy atom. The van der Waals surface area contributed by atoms with Gasteiger partial charge in [0.05, 0.1) is 6.54 Å². The summed E-state index contributed by atoms with van der Waals surface area (Å²) in [5.41, 5.74) is 1.82. The van der Waals surface area contributed by atoms with Gasteiger partial charge in [0.2, 0.25) is 11.8 Å². The number of para-hydroxylation sites is 1. The maximum absolute atomic E-state index is 12.4. The summed E-state index contributed by atoms with van der Waals surface area (Å²) in [6, 6.07) is 7.93. The Labute approximate surface area is 150 Å². The highest BCUT2D eigenvalue weighted by molar-refractivity contribution is 5.95. The molecule has 2 amide bonds. The summed E-state index contributed by atoms with van der Waals surface area (Å²) in [4.78, 5) is 26.4. The lowest BCUT2D eigenvalue weighted by Crippen LogP contribution is -2.41. The Morgan fingerprint density at radius 2 is 2.08 bits per heavy atom. The van der Waals surface area contributed by atoms with Crippen LogP contribution in [0.2, 0.25) is 0 Å². The van der Waals surface area contributed by atoms with Gasteiger partial charge in [-0.2, -0.15) is 0 Å². The van der Waals surface area contributed by atoms with Crippen LogP contribution in [-0.2, 0) is 9.59 Å². The van der Waals surface area contributed by atoms with Crippen LogP contribution in [0, 0.1) is 6.92 Å². The van der Waals surface area contributed by atoms with Crippen LogP contribution in [0.3, 0.4) is 0 Å². The van der Waals surface area contributed by atoms with Crippen molar-refractivity contribution in [2.24, 2.45) is 0 Å². The van der Waals surface area contributed by atoms with Crippen LogP contribution in [0.4, 0.5) is 5.69 Å². The molecule has 134 valence electrons. The molecule has 1 fully saturated rings. The highest BCUT2D eigenvalue weighted by atomic mass is 35.5. The van der Waals surface area contributed by atoms with Gasteiger partial charge in [-0.1, -0.05) is 25.1 Å². The van der Waals surface area contributed by atoms with Crippen molar-refractivity contribution >= 4 is 29.9 Å². The number of aryl methyl sites for hydroxylation is 1. The Morgan fingerprint density at radius 1 is 1.33 bits per heavy atom. The standard InChI is InChI=1S/C18H27N3O2.ClH/c1-3-11-21(18(23)12-15-8-6-10-19-15)13-17(22)20-16-9-5-4-7-14(16)2;/h4-5,7,9,15,19H,3,6,8,10-13H2,1-2H3,(H,20,22);1H. The van der Waals surface area contributed by atoms with Crippen molar-refractivity contribution in [1.29, 1.82) is 0 Å². The molecule has 0 spiro atoms. The highest BCUT2D eigenvalue weighted by Gasteiger charge is 2.22. The van der Waals surface area contributed by atoms with E-state index in [-0.39, 0.29) is 36.8 Å². The molecule has 1 heterocycles. The predicted octanol–water partition coefficient (Wildman–Crippen LogP) is 2.74. The lowest BCUT2D eigenvalue weighted by atomic mass is 10.1. The summed E-state index contributed by atoms with van der Waals surface area (Å²) in [7, 11) is 0. The first-order valence-electron chi connectivity index (χ1n) is 8.46. The molecule has 0 saturated carbocycles. The van der Waals surface area contributed by atoms with E-state index in [9.17, 15) is 9.59 Å². The fourth-order valence-electron chi connectivity index (χ4n) is 2.91. The molecule has 2 N–H and O–H groups in total. The molecule has 0 aliphatic carbocycles. The molecule has 1 atom stereocenters. The molecule has 2 rings (SSSR count). The number of hydrogen-bond donors (Lipinski definition) is 2. The zero-order chi connectivity index (χ0) is 16.7. The van der Waals surface area contributed by atoms with E-state index in [4.69, 9.17) is 0 Å². The number of nitrogens with zero attached hydrogens (tertiary/aromatic N) is 1. The minimum atomic E-state index is -0.138. The Balaban J connectivity index is 0.00000288. The predicted molar refractivity (Wildman–Crippen MR) is 99.6 cm³/mol. The number of benzene rings is 1. The third kappa shape index (κ3) is 6.13. The minimum absolute atomic E-state index is 0. The fourth-order valence-corrected chi connectivity index (χ4v) is 2.91. The van der Waals surface area contributed by atoms with E-state index < -0.39 is 0 Å². The van der Waals surface area contributed by atoms with Gasteiger partial charge in [0.1, 0.15) is 0 Å². The first kappa shape index (κ1) is 20.5. The number of carbonyl (C=O) groups excluding carboxylic acids is 2. The Kier molecular flexibility index (Phi) is 8.79. The molecular formula is C18H28ClN3O2. The number of nitrogens with one attached hydrogen (secondary N) is 2. The topological polar surface area (TPSA) is 61.4 Å². The number of anilines is 1. The SMILES string of the molecule is CCCN(CC(=O)Nc1ccccc1C)C(=O)CC1CCCN1.Cl.